The van der Waals surface area contributed by atoms with Gasteiger partial charge in [0.2, 0.25) is 0 Å². The predicted octanol–water partition coefficient (Wildman–Crippen LogP) is 1.42. The van der Waals surface area contributed by atoms with Crippen molar-refractivity contribution >= 4 is 11.8 Å². The second kappa shape index (κ2) is 4.32. The Morgan fingerprint density at radius 2 is 1.81 bits per heavy atom. The van der Waals surface area contributed by atoms with Gasteiger partial charge >= 0.3 is 5.97 Å². The molecule has 0 spiro atoms. The number of aromatic hydroxyl groups is 2. The first kappa shape index (κ1) is 13.1. The quantitative estimate of drug-likeness (QED) is 0.589. The number of aliphatic hydroxyl groups excluding tert-OH is 1. The second-order valence-electron chi connectivity index (χ2n) is 4.70. The maximum atomic E-state index is 12.4. The fraction of sp³-hybridized carbons (Fsp3) is 0.0667. The highest BCUT2D eigenvalue weighted by Gasteiger charge is 2.36. The molecule has 2 aromatic carbocycles. The predicted molar refractivity (Wildman–Crippen MR) is 70.7 cm³/mol. The summed E-state index contributed by atoms with van der Waals surface area (Å²) in [7, 11) is 0. The van der Waals surface area contributed by atoms with E-state index < -0.39 is 34.9 Å². The van der Waals surface area contributed by atoms with Gasteiger partial charge in [-0.1, -0.05) is 24.3 Å². The number of rotatable bonds is 1. The van der Waals surface area contributed by atoms with Gasteiger partial charge in [-0.15, -0.1) is 0 Å². The molecule has 0 aliphatic heterocycles. The molecule has 0 bridgehead atoms. The molecule has 3 rings (SSSR count). The Morgan fingerprint density at radius 3 is 2.48 bits per heavy atom. The number of hydrogen-bond donors (Lipinski definition) is 4. The third kappa shape index (κ3) is 1.70. The van der Waals surface area contributed by atoms with E-state index in [1.54, 1.807) is 12.1 Å². The maximum absolute atomic E-state index is 12.4. The molecule has 1 unspecified atom stereocenters. The Hall–Kier alpha value is -2.86. The van der Waals surface area contributed by atoms with Crippen LogP contribution in [0.3, 0.4) is 0 Å². The topological polar surface area (TPSA) is 115 Å². The van der Waals surface area contributed by atoms with Gasteiger partial charge in [0.25, 0.3) is 0 Å². The summed E-state index contributed by atoms with van der Waals surface area (Å²) in [5, 5.41) is 39.3. The zero-order valence-corrected chi connectivity index (χ0v) is 10.6. The molecule has 106 valence electrons. The molecule has 2 aromatic rings. The first-order chi connectivity index (χ1) is 9.93. The number of ketones is 1. The lowest BCUT2D eigenvalue weighted by Crippen LogP contribution is -2.20. The van der Waals surface area contributed by atoms with Crippen molar-refractivity contribution in [2.75, 3.05) is 0 Å². The highest BCUT2D eigenvalue weighted by molar-refractivity contribution is 6.15. The van der Waals surface area contributed by atoms with Crippen LogP contribution in [0.4, 0.5) is 0 Å². The molecule has 0 heterocycles. The zero-order valence-electron chi connectivity index (χ0n) is 10.6. The summed E-state index contributed by atoms with van der Waals surface area (Å²) in [6.07, 6.45) is -1.39. The van der Waals surface area contributed by atoms with Gasteiger partial charge in [0, 0.05) is 11.1 Å². The number of benzene rings is 2. The van der Waals surface area contributed by atoms with Crippen molar-refractivity contribution in [3.05, 3.63) is 58.1 Å². The molecule has 6 nitrogen and oxygen atoms in total. The molecule has 6 heteroatoms. The third-order valence-electron chi connectivity index (χ3n) is 3.55. The Balaban J connectivity index is 2.38. The normalized spacial score (nSPS) is 16.2. The lowest BCUT2D eigenvalue weighted by Gasteiger charge is -2.25. The standard InChI is InChI=1S/C15H10O6/c16-9-5-8(15(20)21)14(19)11-10(9)12(17)6-3-1-2-4-7(6)13(11)18/h1-5,13,16,18-19H,(H,20,21). The molecule has 0 saturated carbocycles. The van der Waals surface area contributed by atoms with Gasteiger partial charge in [0.05, 0.1) is 5.56 Å². The van der Waals surface area contributed by atoms with Crippen molar-refractivity contribution in [2.45, 2.75) is 6.10 Å². The van der Waals surface area contributed by atoms with Gasteiger partial charge < -0.3 is 20.4 Å². The Labute approximate surface area is 118 Å². The van der Waals surface area contributed by atoms with Crippen molar-refractivity contribution in [3.8, 4) is 11.5 Å². The van der Waals surface area contributed by atoms with Crippen LogP contribution < -0.4 is 0 Å². The van der Waals surface area contributed by atoms with Crippen molar-refractivity contribution in [3.63, 3.8) is 0 Å². The van der Waals surface area contributed by atoms with Crippen LogP contribution >= 0.6 is 0 Å². The molecule has 0 amide bonds. The number of carbonyl (C=O) groups excluding carboxylic acids is 1. The van der Waals surface area contributed by atoms with Crippen LogP contribution in [0.5, 0.6) is 11.5 Å². The smallest absolute Gasteiger partial charge is 0.339 e. The van der Waals surface area contributed by atoms with E-state index in [-0.39, 0.29) is 22.3 Å². The monoisotopic (exact) mass is 286 g/mol. The zero-order chi connectivity index (χ0) is 15.3. The molecule has 0 radical (unpaired) electrons. The van der Waals surface area contributed by atoms with Crippen molar-refractivity contribution < 1.29 is 30.0 Å². The van der Waals surface area contributed by atoms with Crippen LogP contribution in [0.25, 0.3) is 0 Å². The summed E-state index contributed by atoms with van der Waals surface area (Å²) >= 11 is 0. The SMILES string of the molecule is O=C(O)c1cc(O)c2c(c1O)C(O)c1ccccc1C2=O. The molecule has 0 fully saturated rings. The average Bonchev–Trinajstić information content (AvgIpc) is 2.46. The van der Waals surface area contributed by atoms with E-state index in [2.05, 4.69) is 0 Å². The van der Waals surface area contributed by atoms with E-state index in [1.807, 2.05) is 0 Å². The Morgan fingerprint density at radius 1 is 1.14 bits per heavy atom. The van der Waals surface area contributed by atoms with Crippen LogP contribution in [0, 0.1) is 0 Å². The molecular weight excluding hydrogens is 276 g/mol. The molecule has 4 N–H and O–H groups in total. The van der Waals surface area contributed by atoms with Gasteiger partial charge in [-0.05, 0) is 11.6 Å². The number of carboxylic acids is 1. The molecule has 1 aliphatic carbocycles. The number of aromatic carboxylic acids is 1. The summed E-state index contributed by atoms with van der Waals surface area (Å²) in [4.78, 5) is 23.4. The summed E-state index contributed by atoms with van der Waals surface area (Å²) in [6.45, 7) is 0. The number of hydrogen-bond acceptors (Lipinski definition) is 5. The largest absolute Gasteiger partial charge is 0.507 e. The number of phenols is 2. The van der Waals surface area contributed by atoms with E-state index in [0.717, 1.165) is 6.07 Å². The fourth-order valence-corrected chi connectivity index (χ4v) is 2.58. The first-order valence-electron chi connectivity index (χ1n) is 6.07. The van der Waals surface area contributed by atoms with E-state index >= 15 is 0 Å². The number of carboxylic acid groups (broad SMARTS) is 1. The van der Waals surface area contributed by atoms with Crippen LogP contribution in [-0.2, 0) is 0 Å². The first-order valence-corrected chi connectivity index (χ1v) is 6.07. The van der Waals surface area contributed by atoms with Crippen LogP contribution in [0.1, 0.15) is 43.5 Å². The molecule has 0 aromatic heterocycles. The van der Waals surface area contributed by atoms with E-state index in [9.17, 15) is 24.9 Å². The van der Waals surface area contributed by atoms with Crippen molar-refractivity contribution in [1.29, 1.82) is 0 Å². The summed E-state index contributed by atoms with van der Waals surface area (Å²) < 4.78 is 0. The minimum Gasteiger partial charge on any atom is -0.507 e. The number of carbonyl (C=O) groups is 2. The molecule has 1 atom stereocenters. The summed E-state index contributed by atoms with van der Waals surface area (Å²) in [5.74, 6) is -3.34. The summed E-state index contributed by atoms with van der Waals surface area (Å²) in [6, 6.07) is 7.01. The van der Waals surface area contributed by atoms with E-state index in [4.69, 9.17) is 5.11 Å². The Bertz CT molecular complexity index is 793. The third-order valence-corrected chi connectivity index (χ3v) is 3.55. The van der Waals surface area contributed by atoms with Crippen LogP contribution in [-0.4, -0.2) is 32.2 Å². The highest BCUT2D eigenvalue weighted by atomic mass is 16.4. The average molecular weight is 286 g/mol. The van der Waals surface area contributed by atoms with Gasteiger partial charge in [-0.25, -0.2) is 4.79 Å². The lowest BCUT2D eigenvalue weighted by molar-refractivity contribution is 0.0691. The van der Waals surface area contributed by atoms with Crippen molar-refractivity contribution in [2.24, 2.45) is 0 Å². The van der Waals surface area contributed by atoms with Gasteiger partial charge in [-0.2, -0.15) is 0 Å². The molecule has 21 heavy (non-hydrogen) atoms. The van der Waals surface area contributed by atoms with Crippen LogP contribution in [0.2, 0.25) is 0 Å². The number of fused-ring (bicyclic) bond motifs is 2. The highest BCUT2D eigenvalue weighted by Crippen LogP contribution is 2.44. The molecule has 1 aliphatic rings. The van der Waals surface area contributed by atoms with Gasteiger partial charge in [-0.3, -0.25) is 4.79 Å². The molecular formula is C15H10O6. The van der Waals surface area contributed by atoms with E-state index in [0.29, 0.717) is 0 Å². The lowest BCUT2D eigenvalue weighted by atomic mass is 9.81. The Kier molecular flexibility index (Phi) is 2.70. The molecule has 0 saturated heterocycles. The minimum atomic E-state index is -1.47. The number of aliphatic hydroxyl groups is 1. The number of phenolic OH excluding ortho intramolecular Hbond substituents is 1. The second-order valence-corrected chi connectivity index (χ2v) is 4.70. The maximum Gasteiger partial charge on any atom is 0.339 e. The van der Waals surface area contributed by atoms with Gasteiger partial charge in [0.15, 0.2) is 5.78 Å². The minimum absolute atomic E-state index is 0.204. The van der Waals surface area contributed by atoms with Crippen LogP contribution in [0.15, 0.2) is 30.3 Å². The summed E-state index contributed by atoms with van der Waals surface area (Å²) in [5.41, 5.74) is -0.667. The van der Waals surface area contributed by atoms with Crippen molar-refractivity contribution in [1.82, 2.24) is 0 Å². The van der Waals surface area contributed by atoms with E-state index in [1.165, 1.54) is 12.1 Å². The fourth-order valence-electron chi connectivity index (χ4n) is 2.58. The van der Waals surface area contributed by atoms with Gasteiger partial charge in [0.1, 0.15) is 23.2 Å².